The first kappa shape index (κ1) is 15.7. The Bertz CT molecular complexity index is 699. The molecule has 120 valence electrons. The molecule has 4 nitrogen and oxygen atoms in total. The van der Waals surface area contributed by atoms with Crippen LogP contribution in [0.4, 0.5) is 5.69 Å². The van der Waals surface area contributed by atoms with Crippen molar-refractivity contribution in [2.45, 2.75) is 13.0 Å². The first-order valence-corrected chi connectivity index (χ1v) is 7.90. The van der Waals surface area contributed by atoms with Crippen LogP contribution < -0.4 is 5.32 Å². The van der Waals surface area contributed by atoms with Gasteiger partial charge in [-0.2, -0.15) is 0 Å². The smallest absolute Gasteiger partial charge is 0.255 e. The number of hydrogen-bond acceptors (Lipinski definition) is 3. The Morgan fingerprint density at radius 3 is 2.83 bits per heavy atom. The highest BCUT2D eigenvalue weighted by atomic mass is 16.5. The number of anilines is 1. The van der Waals surface area contributed by atoms with E-state index in [9.17, 15) is 4.79 Å². The van der Waals surface area contributed by atoms with Gasteiger partial charge in [0.1, 0.15) is 0 Å². The number of nitrogens with zero attached hydrogens (tertiary/aromatic N) is 1. The first-order valence-electron chi connectivity index (χ1n) is 7.90. The van der Waals surface area contributed by atoms with Crippen LogP contribution in [0.1, 0.15) is 27.6 Å². The number of likely N-dealkylation sites (N-methyl/N-ethyl adjacent to an activating group) is 1. The first-order chi connectivity index (χ1) is 11.1. The number of rotatable bonds is 3. The quantitative estimate of drug-likeness (QED) is 0.946. The van der Waals surface area contributed by atoms with Crippen LogP contribution in [0.25, 0.3) is 0 Å². The molecular weight excluding hydrogens is 288 g/mol. The predicted molar refractivity (Wildman–Crippen MR) is 91.8 cm³/mol. The van der Waals surface area contributed by atoms with Gasteiger partial charge < -0.3 is 15.0 Å². The molecule has 2 aromatic carbocycles. The normalized spacial score (nSPS) is 18.6. The number of benzene rings is 2. The van der Waals surface area contributed by atoms with Crippen LogP contribution in [0.2, 0.25) is 0 Å². The number of amides is 1. The van der Waals surface area contributed by atoms with Gasteiger partial charge in [0.25, 0.3) is 5.91 Å². The summed E-state index contributed by atoms with van der Waals surface area (Å²) in [4.78, 5) is 14.7. The second kappa shape index (κ2) is 6.94. The molecule has 1 N–H and O–H groups in total. The maximum absolute atomic E-state index is 12.4. The van der Waals surface area contributed by atoms with Crippen molar-refractivity contribution in [3.8, 4) is 0 Å². The third-order valence-electron chi connectivity index (χ3n) is 4.18. The van der Waals surface area contributed by atoms with E-state index in [4.69, 9.17) is 4.74 Å². The van der Waals surface area contributed by atoms with Gasteiger partial charge in [0.05, 0.1) is 12.7 Å². The number of carbonyl (C=O) groups is 1. The van der Waals surface area contributed by atoms with Crippen molar-refractivity contribution >= 4 is 11.6 Å². The Balaban J connectivity index is 1.75. The molecule has 2 aromatic rings. The third kappa shape index (κ3) is 3.78. The van der Waals surface area contributed by atoms with Gasteiger partial charge in [-0.25, -0.2) is 0 Å². The molecule has 1 amide bonds. The van der Waals surface area contributed by atoms with Crippen LogP contribution >= 0.6 is 0 Å². The zero-order valence-electron chi connectivity index (χ0n) is 13.6. The molecule has 1 heterocycles. The summed E-state index contributed by atoms with van der Waals surface area (Å²) >= 11 is 0. The average Bonchev–Trinajstić information content (AvgIpc) is 2.55. The van der Waals surface area contributed by atoms with Crippen molar-refractivity contribution in [3.05, 3.63) is 65.2 Å². The molecule has 0 aliphatic carbocycles. The largest absolute Gasteiger partial charge is 0.371 e. The van der Waals surface area contributed by atoms with Gasteiger partial charge in [-0.1, -0.05) is 30.3 Å². The van der Waals surface area contributed by atoms with E-state index in [0.29, 0.717) is 5.56 Å². The maximum atomic E-state index is 12.4. The second-order valence-electron chi connectivity index (χ2n) is 6.02. The topological polar surface area (TPSA) is 41.6 Å². The summed E-state index contributed by atoms with van der Waals surface area (Å²) in [7, 11) is 2.10. The molecular formula is C19H22N2O2. The molecule has 1 aliphatic heterocycles. The summed E-state index contributed by atoms with van der Waals surface area (Å²) in [5.41, 5.74) is 3.57. The minimum atomic E-state index is -0.0815. The summed E-state index contributed by atoms with van der Waals surface area (Å²) in [6, 6.07) is 15.5. The average molecular weight is 310 g/mol. The molecule has 1 saturated heterocycles. The van der Waals surface area contributed by atoms with Crippen LogP contribution in [0.3, 0.4) is 0 Å². The molecule has 23 heavy (non-hydrogen) atoms. The van der Waals surface area contributed by atoms with E-state index in [2.05, 4.69) is 17.3 Å². The number of ether oxygens (including phenoxy) is 1. The van der Waals surface area contributed by atoms with Gasteiger partial charge in [0, 0.05) is 24.3 Å². The number of hydrogen-bond donors (Lipinski definition) is 1. The number of morpholine rings is 1. The highest BCUT2D eigenvalue weighted by Gasteiger charge is 2.20. The zero-order chi connectivity index (χ0) is 16.2. The Morgan fingerprint density at radius 1 is 1.22 bits per heavy atom. The van der Waals surface area contributed by atoms with Crippen molar-refractivity contribution in [2.24, 2.45) is 0 Å². The highest BCUT2D eigenvalue weighted by molar-refractivity contribution is 6.05. The van der Waals surface area contributed by atoms with Crippen molar-refractivity contribution in [1.29, 1.82) is 0 Å². The van der Waals surface area contributed by atoms with Crippen LogP contribution in [-0.2, 0) is 4.74 Å². The molecule has 1 aliphatic rings. The fourth-order valence-electron chi connectivity index (χ4n) is 2.82. The minimum Gasteiger partial charge on any atom is -0.371 e. The van der Waals surface area contributed by atoms with Crippen molar-refractivity contribution in [2.75, 3.05) is 32.1 Å². The Morgan fingerprint density at radius 2 is 2.04 bits per heavy atom. The fraction of sp³-hybridized carbons (Fsp3) is 0.316. The van der Waals surface area contributed by atoms with Crippen LogP contribution in [0.5, 0.6) is 0 Å². The van der Waals surface area contributed by atoms with Crippen LogP contribution in [0, 0.1) is 6.92 Å². The van der Waals surface area contributed by atoms with E-state index < -0.39 is 0 Å². The van der Waals surface area contributed by atoms with E-state index in [-0.39, 0.29) is 12.0 Å². The molecule has 1 atom stereocenters. The van der Waals surface area contributed by atoms with Crippen LogP contribution in [0.15, 0.2) is 48.5 Å². The molecule has 0 spiro atoms. The summed E-state index contributed by atoms with van der Waals surface area (Å²) in [5.74, 6) is -0.0815. The number of aryl methyl sites for hydroxylation is 1. The fourth-order valence-corrected chi connectivity index (χ4v) is 2.82. The van der Waals surface area contributed by atoms with Gasteiger partial charge in [0.2, 0.25) is 0 Å². The lowest BCUT2D eigenvalue weighted by Crippen LogP contribution is -2.35. The molecule has 4 heteroatoms. The van der Waals surface area contributed by atoms with Gasteiger partial charge in [-0.3, -0.25) is 4.79 Å². The molecule has 0 radical (unpaired) electrons. The Labute approximate surface area is 137 Å². The second-order valence-corrected chi connectivity index (χ2v) is 6.02. The molecule has 1 unspecified atom stereocenters. The van der Waals surface area contributed by atoms with Crippen molar-refractivity contribution in [1.82, 2.24) is 4.90 Å². The van der Waals surface area contributed by atoms with E-state index >= 15 is 0 Å². The third-order valence-corrected chi connectivity index (χ3v) is 4.18. The lowest BCUT2D eigenvalue weighted by Gasteiger charge is -2.30. The van der Waals surface area contributed by atoms with E-state index in [0.717, 1.165) is 36.5 Å². The lowest BCUT2D eigenvalue weighted by molar-refractivity contribution is -0.0208. The van der Waals surface area contributed by atoms with Gasteiger partial charge >= 0.3 is 0 Å². The predicted octanol–water partition coefficient (Wildman–Crippen LogP) is 3.25. The van der Waals surface area contributed by atoms with E-state index in [1.807, 2.05) is 55.5 Å². The SMILES string of the molecule is Cc1ccccc1C(=O)Nc1cccc(C2CN(C)CCO2)c1. The van der Waals surface area contributed by atoms with Crippen molar-refractivity contribution < 1.29 is 9.53 Å². The summed E-state index contributed by atoms with van der Waals surface area (Å²) in [5, 5.41) is 2.98. The standard InChI is InChI=1S/C19H22N2O2/c1-14-6-3-4-9-17(14)19(22)20-16-8-5-7-15(12-16)18-13-21(2)10-11-23-18/h3-9,12,18H,10-11,13H2,1-2H3,(H,20,22). The number of carbonyl (C=O) groups excluding carboxylic acids is 1. The number of nitrogens with one attached hydrogen (secondary N) is 1. The highest BCUT2D eigenvalue weighted by Crippen LogP contribution is 2.24. The zero-order valence-corrected chi connectivity index (χ0v) is 13.6. The molecule has 3 rings (SSSR count). The Hall–Kier alpha value is -2.17. The lowest BCUT2D eigenvalue weighted by atomic mass is 10.1. The van der Waals surface area contributed by atoms with Gasteiger partial charge in [-0.05, 0) is 43.3 Å². The molecule has 0 saturated carbocycles. The minimum absolute atomic E-state index is 0.0593. The monoisotopic (exact) mass is 310 g/mol. The molecule has 0 bridgehead atoms. The van der Waals surface area contributed by atoms with E-state index in [1.54, 1.807) is 0 Å². The maximum Gasteiger partial charge on any atom is 0.255 e. The Kier molecular flexibility index (Phi) is 4.74. The van der Waals surface area contributed by atoms with Crippen molar-refractivity contribution in [3.63, 3.8) is 0 Å². The molecule has 0 aromatic heterocycles. The van der Waals surface area contributed by atoms with E-state index in [1.165, 1.54) is 0 Å². The molecule has 1 fully saturated rings. The van der Waals surface area contributed by atoms with Gasteiger partial charge in [0.15, 0.2) is 0 Å². The summed E-state index contributed by atoms with van der Waals surface area (Å²) in [6.45, 7) is 4.51. The summed E-state index contributed by atoms with van der Waals surface area (Å²) in [6.07, 6.45) is 0.0593. The van der Waals surface area contributed by atoms with Gasteiger partial charge in [-0.15, -0.1) is 0 Å². The summed E-state index contributed by atoms with van der Waals surface area (Å²) < 4.78 is 5.84. The van der Waals surface area contributed by atoms with Crippen LogP contribution in [-0.4, -0.2) is 37.6 Å².